The number of nitrogens with one attached hydrogen (secondary N) is 1. The lowest BCUT2D eigenvalue weighted by atomic mass is 9.76. The van der Waals surface area contributed by atoms with E-state index in [0.29, 0.717) is 25.3 Å². The number of carbonyl (C=O) groups excluding carboxylic acids is 1. The van der Waals surface area contributed by atoms with E-state index in [0.717, 1.165) is 18.4 Å². The molecule has 0 bridgehead atoms. The molecule has 1 aliphatic rings. The molecular formula is C16H22N2O3. The van der Waals surface area contributed by atoms with Crippen molar-refractivity contribution < 1.29 is 14.7 Å². The molecule has 0 aliphatic heterocycles. The first-order valence-electron chi connectivity index (χ1n) is 7.30. The predicted molar refractivity (Wildman–Crippen MR) is 79.8 cm³/mol. The third-order valence-corrected chi connectivity index (χ3v) is 4.11. The van der Waals surface area contributed by atoms with Crippen molar-refractivity contribution in [3.63, 3.8) is 0 Å². The molecule has 1 aliphatic carbocycles. The molecule has 5 nitrogen and oxygen atoms in total. The molecule has 2 atom stereocenters. The molecular weight excluding hydrogens is 268 g/mol. The van der Waals surface area contributed by atoms with Crippen molar-refractivity contribution in [1.29, 1.82) is 0 Å². The monoisotopic (exact) mass is 290 g/mol. The van der Waals surface area contributed by atoms with Gasteiger partial charge in [-0.1, -0.05) is 31.9 Å². The van der Waals surface area contributed by atoms with Gasteiger partial charge in [0.2, 0.25) is 5.91 Å². The molecule has 0 saturated heterocycles. The van der Waals surface area contributed by atoms with Crippen molar-refractivity contribution in [2.24, 2.45) is 11.7 Å². The van der Waals surface area contributed by atoms with Gasteiger partial charge in [-0.15, -0.1) is 0 Å². The molecule has 2 unspecified atom stereocenters. The highest BCUT2D eigenvalue weighted by atomic mass is 16.4. The highest BCUT2D eigenvalue weighted by molar-refractivity contribution is 5.88. The first-order valence-corrected chi connectivity index (χ1v) is 7.30. The number of aromatic carboxylic acids is 1. The summed E-state index contributed by atoms with van der Waals surface area (Å²) in [6, 6.07) is 6.56. The van der Waals surface area contributed by atoms with E-state index in [9.17, 15) is 9.59 Å². The van der Waals surface area contributed by atoms with Crippen LogP contribution in [0.3, 0.4) is 0 Å². The van der Waals surface area contributed by atoms with Crippen LogP contribution in [0.25, 0.3) is 0 Å². The maximum Gasteiger partial charge on any atom is 0.335 e. The molecule has 1 aromatic rings. The molecule has 1 amide bonds. The smallest absolute Gasteiger partial charge is 0.335 e. The highest BCUT2D eigenvalue weighted by Gasteiger charge is 2.37. The molecule has 114 valence electrons. The molecule has 1 aromatic carbocycles. The van der Waals surface area contributed by atoms with E-state index in [2.05, 4.69) is 12.2 Å². The minimum absolute atomic E-state index is 0.144. The number of carbonyl (C=O) groups is 2. The molecule has 0 aromatic heterocycles. The summed E-state index contributed by atoms with van der Waals surface area (Å²) in [5.41, 5.74) is 6.42. The number of amides is 1. The topological polar surface area (TPSA) is 92.4 Å². The Kier molecular flexibility index (Phi) is 4.63. The fourth-order valence-corrected chi connectivity index (χ4v) is 2.97. The quantitative estimate of drug-likeness (QED) is 0.789. The van der Waals surface area contributed by atoms with E-state index < -0.39 is 11.5 Å². The van der Waals surface area contributed by atoms with Crippen LogP contribution in [-0.4, -0.2) is 22.5 Å². The summed E-state index contributed by atoms with van der Waals surface area (Å²) in [5, 5.41) is 11.8. The van der Waals surface area contributed by atoms with Gasteiger partial charge in [0.05, 0.1) is 11.1 Å². The van der Waals surface area contributed by atoms with Crippen LogP contribution in [0.2, 0.25) is 0 Å². The Bertz CT molecular complexity index is 544. The van der Waals surface area contributed by atoms with Gasteiger partial charge in [0.1, 0.15) is 0 Å². The van der Waals surface area contributed by atoms with Crippen LogP contribution in [0.15, 0.2) is 24.3 Å². The molecule has 4 N–H and O–H groups in total. The van der Waals surface area contributed by atoms with Gasteiger partial charge in [-0.2, -0.15) is 0 Å². The van der Waals surface area contributed by atoms with Crippen molar-refractivity contribution in [1.82, 2.24) is 5.32 Å². The molecule has 1 fully saturated rings. The van der Waals surface area contributed by atoms with E-state index in [1.807, 2.05) is 0 Å². The van der Waals surface area contributed by atoms with E-state index in [-0.39, 0.29) is 11.5 Å². The van der Waals surface area contributed by atoms with Crippen LogP contribution in [0.5, 0.6) is 0 Å². The average Bonchev–Trinajstić information content (AvgIpc) is 2.44. The Morgan fingerprint density at radius 3 is 2.90 bits per heavy atom. The van der Waals surface area contributed by atoms with Crippen LogP contribution in [-0.2, 0) is 11.3 Å². The van der Waals surface area contributed by atoms with E-state index in [4.69, 9.17) is 10.8 Å². The fraction of sp³-hybridized carbons (Fsp3) is 0.500. The molecule has 0 heterocycles. The van der Waals surface area contributed by atoms with Crippen molar-refractivity contribution in [3.8, 4) is 0 Å². The Hall–Kier alpha value is -1.88. The van der Waals surface area contributed by atoms with Crippen LogP contribution in [0.1, 0.15) is 48.5 Å². The second kappa shape index (κ2) is 6.26. The maximum atomic E-state index is 12.3. The van der Waals surface area contributed by atoms with E-state index >= 15 is 0 Å². The zero-order chi connectivity index (χ0) is 15.5. The number of hydrogen-bond acceptors (Lipinski definition) is 3. The minimum atomic E-state index is -0.973. The summed E-state index contributed by atoms with van der Waals surface area (Å²) >= 11 is 0. The number of hydrogen-bond donors (Lipinski definition) is 3. The zero-order valence-corrected chi connectivity index (χ0v) is 12.3. The van der Waals surface area contributed by atoms with Gasteiger partial charge >= 0.3 is 5.97 Å². The standard InChI is InChI=1S/C16H22N2O3/c1-11-4-3-7-16(17,9-11)15(21)18-10-12-5-2-6-13(8-12)14(19)20/h2,5-6,8,11H,3-4,7,9-10,17H2,1H3,(H,18,21)(H,19,20). The lowest BCUT2D eigenvalue weighted by Crippen LogP contribution is -2.56. The summed E-state index contributed by atoms with van der Waals surface area (Å²) in [6.07, 6.45) is 3.50. The third kappa shape index (κ3) is 3.82. The zero-order valence-electron chi connectivity index (χ0n) is 12.3. The third-order valence-electron chi connectivity index (χ3n) is 4.11. The first-order chi connectivity index (χ1) is 9.90. The Morgan fingerprint density at radius 1 is 1.48 bits per heavy atom. The lowest BCUT2D eigenvalue weighted by molar-refractivity contribution is -0.128. The highest BCUT2D eigenvalue weighted by Crippen LogP contribution is 2.30. The molecule has 1 saturated carbocycles. The predicted octanol–water partition coefficient (Wildman–Crippen LogP) is 1.91. The molecule has 0 radical (unpaired) electrons. The number of benzene rings is 1. The van der Waals surface area contributed by atoms with Gasteiger partial charge in [-0.3, -0.25) is 4.79 Å². The van der Waals surface area contributed by atoms with E-state index in [1.165, 1.54) is 6.07 Å². The Balaban J connectivity index is 1.97. The molecule has 0 spiro atoms. The Morgan fingerprint density at radius 2 is 2.24 bits per heavy atom. The van der Waals surface area contributed by atoms with Gasteiger partial charge in [0, 0.05) is 6.54 Å². The second-order valence-corrected chi connectivity index (χ2v) is 6.05. The van der Waals surface area contributed by atoms with Crippen LogP contribution < -0.4 is 11.1 Å². The van der Waals surface area contributed by atoms with Gasteiger partial charge < -0.3 is 16.2 Å². The largest absolute Gasteiger partial charge is 0.478 e. The number of rotatable bonds is 4. The van der Waals surface area contributed by atoms with Crippen molar-refractivity contribution in [2.75, 3.05) is 0 Å². The summed E-state index contributed by atoms with van der Waals surface area (Å²) in [7, 11) is 0. The van der Waals surface area contributed by atoms with Gasteiger partial charge in [-0.05, 0) is 36.5 Å². The average molecular weight is 290 g/mol. The van der Waals surface area contributed by atoms with Crippen molar-refractivity contribution >= 4 is 11.9 Å². The summed E-state index contributed by atoms with van der Waals surface area (Å²) in [5.74, 6) is -0.654. The molecule has 21 heavy (non-hydrogen) atoms. The first kappa shape index (κ1) is 15.5. The van der Waals surface area contributed by atoms with Gasteiger partial charge in [-0.25, -0.2) is 4.79 Å². The summed E-state index contributed by atoms with van der Waals surface area (Å²) in [4.78, 5) is 23.2. The van der Waals surface area contributed by atoms with Crippen LogP contribution >= 0.6 is 0 Å². The van der Waals surface area contributed by atoms with E-state index in [1.54, 1.807) is 18.2 Å². The van der Waals surface area contributed by atoms with Crippen molar-refractivity contribution in [3.05, 3.63) is 35.4 Å². The number of nitrogens with two attached hydrogens (primary N) is 1. The SMILES string of the molecule is CC1CCCC(N)(C(=O)NCc2cccc(C(=O)O)c2)C1. The molecule has 2 rings (SSSR count). The summed E-state index contributed by atoms with van der Waals surface area (Å²) < 4.78 is 0. The maximum absolute atomic E-state index is 12.3. The van der Waals surface area contributed by atoms with Crippen LogP contribution in [0.4, 0.5) is 0 Å². The number of carboxylic acids is 1. The molecule has 5 heteroatoms. The van der Waals surface area contributed by atoms with Crippen LogP contribution in [0, 0.1) is 5.92 Å². The normalized spacial score (nSPS) is 25.3. The minimum Gasteiger partial charge on any atom is -0.478 e. The van der Waals surface area contributed by atoms with Crippen molar-refractivity contribution in [2.45, 2.75) is 44.7 Å². The second-order valence-electron chi connectivity index (χ2n) is 6.05. The Labute approximate surface area is 124 Å². The lowest BCUT2D eigenvalue weighted by Gasteiger charge is -2.35. The number of carboxylic acid groups (broad SMARTS) is 1. The fourth-order valence-electron chi connectivity index (χ4n) is 2.97. The van der Waals surface area contributed by atoms with Gasteiger partial charge in [0.15, 0.2) is 0 Å². The summed E-state index contributed by atoms with van der Waals surface area (Å²) in [6.45, 7) is 2.41. The van der Waals surface area contributed by atoms with Gasteiger partial charge in [0.25, 0.3) is 0 Å².